The van der Waals surface area contributed by atoms with E-state index in [9.17, 15) is 0 Å². The lowest BCUT2D eigenvalue weighted by molar-refractivity contribution is 0.590. The van der Waals surface area contributed by atoms with Crippen molar-refractivity contribution in [1.82, 2.24) is 9.38 Å². The average molecular weight is 334 g/mol. The van der Waals surface area contributed by atoms with Gasteiger partial charge in [0, 0.05) is 6.20 Å². The van der Waals surface area contributed by atoms with Crippen LogP contribution in [0.1, 0.15) is 57.4 Å². The predicted octanol–water partition coefficient (Wildman–Crippen LogP) is 6.48. The van der Waals surface area contributed by atoms with E-state index in [1.807, 2.05) is 22.7 Å². The molecule has 0 radical (unpaired) electrons. The Hall–Kier alpha value is -2.49. The van der Waals surface area contributed by atoms with Gasteiger partial charge in [0.1, 0.15) is 5.65 Å². The molecule has 0 fully saturated rings. The number of benzene rings is 1. The lowest BCUT2D eigenvalue weighted by Crippen LogP contribution is -2.10. The van der Waals surface area contributed by atoms with Crippen LogP contribution < -0.4 is 0 Å². The lowest BCUT2D eigenvalue weighted by Gasteiger charge is -2.18. The highest BCUT2D eigenvalue weighted by atomic mass is 15.2. The van der Waals surface area contributed by atoms with E-state index in [0.29, 0.717) is 0 Å². The maximum Gasteiger partial charge on any atom is 0.183 e. The Morgan fingerprint density at radius 1 is 1.00 bits per heavy atom. The Morgan fingerprint density at radius 2 is 1.68 bits per heavy atom. The minimum atomic E-state index is 0.139. The third kappa shape index (κ3) is 3.63. The third-order valence-corrected chi connectivity index (χ3v) is 4.32. The molecule has 3 aromatic rings. The van der Waals surface area contributed by atoms with Crippen molar-refractivity contribution in [1.29, 1.82) is 0 Å². The molecule has 25 heavy (non-hydrogen) atoms. The Kier molecular flexibility index (Phi) is 4.46. The molecule has 130 valence electrons. The first kappa shape index (κ1) is 17.3. The highest BCUT2D eigenvalue weighted by Gasteiger charge is 2.15. The van der Waals surface area contributed by atoms with Gasteiger partial charge < -0.3 is 0 Å². The molecule has 0 saturated heterocycles. The van der Waals surface area contributed by atoms with E-state index in [1.54, 1.807) is 0 Å². The first-order valence-corrected chi connectivity index (χ1v) is 8.76. The topological polar surface area (TPSA) is 42.0 Å². The number of hydrogen-bond donors (Lipinski definition) is 0. The quantitative estimate of drug-likeness (QED) is 0.505. The summed E-state index contributed by atoms with van der Waals surface area (Å²) in [6.45, 7) is 13.0. The zero-order valence-electron chi connectivity index (χ0n) is 15.9. The number of pyridine rings is 1. The molecule has 0 aliphatic rings. The summed E-state index contributed by atoms with van der Waals surface area (Å²) in [5.74, 6) is 1.10. The van der Waals surface area contributed by atoms with Crippen molar-refractivity contribution in [2.45, 2.75) is 52.9 Å². The van der Waals surface area contributed by atoms with Crippen LogP contribution in [0.2, 0.25) is 0 Å². The minimum absolute atomic E-state index is 0.139. The van der Waals surface area contributed by atoms with Crippen LogP contribution in [0.3, 0.4) is 0 Å². The van der Waals surface area contributed by atoms with Gasteiger partial charge in [-0.05, 0) is 53.6 Å². The van der Waals surface area contributed by atoms with Crippen molar-refractivity contribution >= 4 is 17.2 Å². The van der Waals surface area contributed by atoms with Crippen molar-refractivity contribution in [2.24, 2.45) is 10.2 Å². The highest BCUT2D eigenvalue weighted by molar-refractivity contribution is 5.54. The molecular formula is C21H26N4. The van der Waals surface area contributed by atoms with Crippen molar-refractivity contribution in [3.8, 4) is 0 Å². The first-order valence-electron chi connectivity index (χ1n) is 8.76. The van der Waals surface area contributed by atoms with Gasteiger partial charge in [0.15, 0.2) is 5.82 Å². The Morgan fingerprint density at radius 3 is 2.28 bits per heavy atom. The lowest BCUT2D eigenvalue weighted by atomic mass is 9.87. The molecule has 0 N–H and O–H groups in total. The molecule has 2 aromatic heterocycles. The molecule has 0 unspecified atom stereocenters. The summed E-state index contributed by atoms with van der Waals surface area (Å²) >= 11 is 0. The van der Waals surface area contributed by atoms with Crippen LogP contribution in [-0.4, -0.2) is 9.38 Å². The van der Waals surface area contributed by atoms with E-state index in [2.05, 4.69) is 76.0 Å². The van der Waals surface area contributed by atoms with Gasteiger partial charge in [-0.2, -0.15) is 0 Å². The van der Waals surface area contributed by atoms with E-state index in [0.717, 1.165) is 22.8 Å². The van der Waals surface area contributed by atoms with E-state index in [1.165, 1.54) is 11.1 Å². The van der Waals surface area contributed by atoms with Crippen molar-refractivity contribution < 1.29 is 0 Å². The van der Waals surface area contributed by atoms with E-state index in [-0.39, 0.29) is 11.3 Å². The van der Waals surface area contributed by atoms with E-state index >= 15 is 0 Å². The molecule has 0 atom stereocenters. The Labute approximate surface area is 149 Å². The molecule has 0 amide bonds. The summed E-state index contributed by atoms with van der Waals surface area (Å²) in [6, 6.07) is 12.4. The summed E-state index contributed by atoms with van der Waals surface area (Å²) < 4.78 is 2.01. The van der Waals surface area contributed by atoms with Crippen LogP contribution in [0.15, 0.2) is 52.8 Å². The van der Waals surface area contributed by atoms with Crippen LogP contribution in [0, 0.1) is 6.92 Å². The molecule has 0 aliphatic heterocycles. The number of rotatable bonds is 3. The molecule has 0 bridgehead atoms. The minimum Gasteiger partial charge on any atom is -0.283 e. The number of nitrogens with zero attached hydrogens (tertiary/aromatic N) is 4. The second-order valence-corrected chi connectivity index (χ2v) is 7.90. The normalized spacial score (nSPS) is 12.6. The molecule has 3 rings (SSSR count). The van der Waals surface area contributed by atoms with Crippen LogP contribution in [-0.2, 0) is 5.41 Å². The number of fused-ring (bicyclic) bond motifs is 1. The summed E-state index contributed by atoms with van der Waals surface area (Å²) in [5.41, 5.74) is 5.36. The number of imidazole rings is 1. The number of hydrogen-bond acceptors (Lipinski definition) is 3. The van der Waals surface area contributed by atoms with Gasteiger partial charge in [0.05, 0.1) is 11.4 Å². The van der Waals surface area contributed by atoms with Crippen LogP contribution in [0.25, 0.3) is 5.65 Å². The second kappa shape index (κ2) is 6.43. The SMILES string of the molecule is Cc1ccn2c(N=Nc3ccc(C(C)(C)C)cc3)c(C(C)C)nc2c1. The summed E-state index contributed by atoms with van der Waals surface area (Å²) in [7, 11) is 0. The molecule has 0 spiro atoms. The number of aromatic nitrogens is 2. The molecule has 4 nitrogen and oxygen atoms in total. The monoisotopic (exact) mass is 334 g/mol. The Balaban J connectivity index is 1.99. The molecule has 2 heterocycles. The number of azo groups is 1. The van der Waals surface area contributed by atoms with Gasteiger partial charge >= 0.3 is 0 Å². The maximum absolute atomic E-state index is 4.74. The van der Waals surface area contributed by atoms with E-state index in [4.69, 9.17) is 4.98 Å². The van der Waals surface area contributed by atoms with Gasteiger partial charge in [0.2, 0.25) is 0 Å². The van der Waals surface area contributed by atoms with Gasteiger partial charge in [-0.15, -0.1) is 10.2 Å². The first-order chi connectivity index (χ1) is 11.8. The fraction of sp³-hybridized carbons (Fsp3) is 0.381. The standard InChI is InChI=1S/C21H26N4/c1-14(2)19-20(25-12-11-15(3)13-18(25)22-19)24-23-17-9-7-16(8-10-17)21(4,5)6/h7-14H,1-6H3. The van der Waals surface area contributed by atoms with Crippen molar-refractivity contribution in [3.05, 3.63) is 59.4 Å². The highest BCUT2D eigenvalue weighted by Crippen LogP contribution is 2.30. The van der Waals surface area contributed by atoms with Gasteiger partial charge in [-0.1, -0.05) is 46.8 Å². The van der Waals surface area contributed by atoms with Gasteiger partial charge in [0.25, 0.3) is 0 Å². The summed E-state index contributed by atoms with van der Waals surface area (Å²) in [4.78, 5) is 4.74. The molecule has 0 saturated carbocycles. The zero-order valence-corrected chi connectivity index (χ0v) is 15.9. The zero-order chi connectivity index (χ0) is 18.2. The largest absolute Gasteiger partial charge is 0.283 e. The van der Waals surface area contributed by atoms with Gasteiger partial charge in [-0.25, -0.2) is 4.98 Å². The van der Waals surface area contributed by atoms with Crippen LogP contribution >= 0.6 is 0 Å². The average Bonchev–Trinajstić information content (AvgIpc) is 2.90. The fourth-order valence-electron chi connectivity index (χ4n) is 2.77. The van der Waals surface area contributed by atoms with Gasteiger partial charge in [-0.3, -0.25) is 4.40 Å². The summed E-state index contributed by atoms with van der Waals surface area (Å²) in [5, 5.41) is 8.98. The second-order valence-electron chi connectivity index (χ2n) is 7.90. The molecule has 4 heteroatoms. The van der Waals surface area contributed by atoms with Crippen LogP contribution in [0.4, 0.5) is 11.5 Å². The third-order valence-electron chi connectivity index (χ3n) is 4.32. The maximum atomic E-state index is 4.74. The van der Waals surface area contributed by atoms with Crippen molar-refractivity contribution in [3.63, 3.8) is 0 Å². The van der Waals surface area contributed by atoms with Crippen LogP contribution in [0.5, 0.6) is 0 Å². The van der Waals surface area contributed by atoms with E-state index < -0.39 is 0 Å². The summed E-state index contributed by atoms with van der Waals surface area (Å²) in [6.07, 6.45) is 2.01. The smallest absolute Gasteiger partial charge is 0.183 e. The molecular weight excluding hydrogens is 308 g/mol. The van der Waals surface area contributed by atoms with Crippen molar-refractivity contribution in [2.75, 3.05) is 0 Å². The number of aryl methyl sites for hydroxylation is 1. The molecule has 0 aliphatic carbocycles. The Bertz CT molecular complexity index is 909. The molecule has 1 aromatic carbocycles. The fourth-order valence-corrected chi connectivity index (χ4v) is 2.77. The predicted molar refractivity (Wildman–Crippen MR) is 103 cm³/mol.